The van der Waals surface area contributed by atoms with Crippen molar-refractivity contribution in [2.75, 3.05) is 0 Å². The molecule has 1 aromatic carbocycles. The number of fused-ring (bicyclic) bond motifs is 1. The van der Waals surface area contributed by atoms with Crippen LogP contribution in [0.4, 0.5) is 0 Å². The summed E-state index contributed by atoms with van der Waals surface area (Å²) in [5.41, 5.74) is 1.73. The maximum absolute atomic E-state index is 10.4. The molecule has 18 heavy (non-hydrogen) atoms. The predicted octanol–water partition coefficient (Wildman–Crippen LogP) is 3.05. The van der Waals surface area contributed by atoms with Crippen LogP contribution in [-0.2, 0) is 16.1 Å². The number of halogens is 1. The van der Waals surface area contributed by atoms with Gasteiger partial charge in [-0.15, -0.1) is 0 Å². The second kappa shape index (κ2) is 5.11. The van der Waals surface area contributed by atoms with Gasteiger partial charge in [0.15, 0.2) is 0 Å². The number of benzene rings is 1. The number of carbonyl (C=O) groups is 1. The fourth-order valence-electron chi connectivity index (χ4n) is 1.98. The van der Waals surface area contributed by atoms with Gasteiger partial charge in [-0.1, -0.05) is 17.7 Å². The average Bonchev–Trinajstić information content (AvgIpc) is 2.69. The van der Waals surface area contributed by atoms with Gasteiger partial charge in [0.2, 0.25) is 0 Å². The molecule has 0 aliphatic carbocycles. The molecule has 0 radical (unpaired) electrons. The lowest BCUT2D eigenvalue weighted by atomic mass is 10.1. The number of nitrogens with zero attached hydrogens (tertiary/aromatic N) is 2. The largest absolute Gasteiger partial charge is 0.460 e. The topological polar surface area (TPSA) is 55.0 Å². The summed E-state index contributed by atoms with van der Waals surface area (Å²) < 4.78 is 6.74. The highest BCUT2D eigenvalue weighted by molar-refractivity contribution is 6.31. The summed E-state index contributed by atoms with van der Waals surface area (Å²) in [6, 6.07) is 7.53. The molecule has 0 saturated heterocycles. The molecule has 2 aromatic rings. The summed E-state index contributed by atoms with van der Waals surface area (Å²) in [5.74, 6) is 0. The Labute approximate surface area is 109 Å². The van der Waals surface area contributed by atoms with Crippen molar-refractivity contribution in [2.45, 2.75) is 19.6 Å². The molecule has 92 valence electrons. The molecule has 0 spiro atoms. The molecule has 1 unspecified atom stereocenters. The molecule has 4 nitrogen and oxygen atoms in total. The Kier molecular flexibility index (Phi) is 3.54. The quantitative estimate of drug-likeness (QED) is 0.796. The molecule has 1 heterocycles. The van der Waals surface area contributed by atoms with Crippen LogP contribution in [0.1, 0.15) is 18.6 Å². The molecule has 0 amide bonds. The summed E-state index contributed by atoms with van der Waals surface area (Å²) in [7, 11) is 0. The molecule has 0 bridgehead atoms. The third-order valence-corrected chi connectivity index (χ3v) is 3.05. The third-order valence-electron chi connectivity index (χ3n) is 2.81. The van der Waals surface area contributed by atoms with Gasteiger partial charge in [0, 0.05) is 22.2 Å². The smallest absolute Gasteiger partial charge is 0.293 e. The third kappa shape index (κ3) is 2.18. The average molecular weight is 263 g/mol. The van der Waals surface area contributed by atoms with Gasteiger partial charge in [-0.2, -0.15) is 5.26 Å². The lowest BCUT2D eigenvalue weighted by Gasteiger charge is -2.07. The van der Waals surface area contributed by atoms with E-state index in [-0.39, 0.29) is 12.6 Å². The lowest BCUT2D eigenvalue weighted by Crippen LogP contribution is -1.97. The highest BCUT2D eigenvalue weighted by Gasteiger charge is 2.15. The van der Waals surface area contributed by atoms with Crippen LogP contribution in [0, 0.1) is 11.3 Å². The first-order chi connectivity index (χ1) is 8.67. The number of aromatic nitrogens is 1. The Hall–Kier alpha value is -1.99. The van der Waals surface area contributed by atoms with Gasteiger partial charge in [0.25, 0.3) is 6.47 Å². The molecular weight excluding hydrogens is 252 g/mol. The van der Waals surface area contributed by atoms with Gasteiger partial charge < -0.3 is 9.30 Å². The van der Waals surface area contributed by atoms with Crippen LogP contribution < -0.4 is 0 Å². The summed E-state index contributed by atoms with van der Waals surface area (Å²) in [5, 5.41) is 10.3. The van der Waals surface area contributed by atoms with E-state index in [1.54, 1.807) is 23.6 Å². The van der Waals surface area contributed by atoms with E-state index in [1.807, 2.05) is 12.3 Å². The monoisotopic (exact) mass is 262 g/mol. The van der Waals surface area contributed by atoms with Gasteiger partial charge in [0.05, 0.1) is 11.6 Å². The zero-order valence-electron chi connectivity index (χ0n) is 9.76. The number of ether oxygens (including phenoxy) is 1. The van der Waals surface area contributed by atoms with E-state index in [4.69, 9.17) is 21.6 Å². The molecule has 0 saturated carbocycles. The fourth-order valence-corrected chi connectivity index (χ4v) is 2.15. The van der Waals surface area contributed by atoms with Crippen LogP contribution in [0.3, 0.4) is 0 Å². The molecule has 5 heteroatoms. The summed E-state index contributed by atoms with van der Waals surface area (Å²) in [6.07, 6.45) is 1.46. The van der Waals surface area contributed by atoms with Crippen LogP contribution in [0.15, 0.2) is 24.4 Å². The molecule has 0 aliphatic rings. The second-order valence-corrected chi connectivity index (χ2v) is 4.34. The zero-order valence-corrected chi connectivity index (χ0v) is 10.5. The number of hydrogen-bond acceptors (Lipinski definition) is 3. The van der Waals surface area contributed by atoms with Crippen molar-refractivity contribution >= 4 is 29.0 Å². The highest BCUT2D eigenvalue weighted by atomic mass is 35.5. The van der Waals surface area contributed by atoms with Crippen molar-refractivity contribution in [3.05, 3.63) is 35.0 Å². The fraction of sp³-hybridized carbons (Fsp3) is 0.231. The highest BCUT2D eigenvalue weighted by Crippen LogP contribution is 2.30. The van der Waals surface area contributed by atoms with Crippen molar-refractivity contribution in [1.82, 2.24) is 4.57 Å². The van der Waals surface area contributed by atoms with Crippen molar-refractivity contribution in [3.63, 3.8) is 0 Å². The molecular formula is C13H11ClN2O2. The molecule has 0 aliphatic heterocycles. The first-order valence-electron chi connectivity index (χ1n) is 5.41. The Bertz CT molecular complexity index is 628. The maximum Gasteiger partial charge on any atom is 0.293 e. The van der Waals surface area contributed by atoms with Crippen molar-refractivity contribution in [3.8, 4) is 6.07 Å². The first-order valence-corrected chi connectivity index (χ1v) is 5.79. The Morgan fingerprint density at radius 1 is 1.61 bits per heavy atom. The molecule has 2 rings (SSSR count). The van der Waals surface area contributed by atoms with Crippen molar-refractivity contribution < 1.29 is 9.53 Å². The van der Waals surface area contributed by atoms with Gasteiger partial charge in [-0.05, 0) is 19.1 Å². The SMILES string of the molecule is CC(OC=O)c1cn(CC#N)c2cc(Cl)ccc12. The standard InChI is InChI=1S/C13H11ClN2O2/c1-9(18-8-17)12-7-16(5-4-15)13-6-10(14)2-3-11(12)13/h2-3,6-9H,5H2,1H3. The van der Waals surface area contributed by atoms with E-state index in [0.29, 0.717) is 11.5 Å². The predicted molar refractivity (Wildman–Crippen MR) is 68.1 cm³/mol. The van der Waals surface area contributed by atoms with Gasteiger partial charge >= 0.3 is 0 Å². The van der Waals surface area contributed by atoms with Crippen LogP contribution in [-0.4, -0.2) is 11.0 Å². The van der Waals surface area contributed by atoms with E-state index in [2.05, 4.69) is 6.07 Å². The van der Waals surface area contributed by atoms with Crippen LogP contribution in [0.25, 0.3) is 10.9 Å². The normalized spacial score (nSPS) is 12.1. The van der Waals surface area contributed by atoms with Crippen molar-refractivity contribution in [1.29, 1.82) is 5.26 Å². The van der Waals surface area contributed by atoms with Crippen LogP contribution >= 0.6 is 11.6 Å². The van der Waals surface area contributed by atoms with Gasteiger partial charge in [-0.3, -0.25) is 4.79 Å². The van der Waals surface area contributed by atoms with E-state index in [0.717, 1.165) is 16.5 Å². The number of rotatable bonds is 4. The molecule has 1 atom stereocenters. The van der Waals surface area contributed by atoms with E-state index < -0.39 is 0 Å². The van der Waals surface area contributed by atoms with E-state index >= 15 is 0 Å². The minimum absolute atomic E-state index is 0.227. The molecule has 0 fully saturated rings. The zero-order chi connectivity index (χ0) is 13.1. The van der Waals surface area contributed by atoms with E-state index in [9.17, 15) is 4.79 Å². The Balaban J connectivity index is 2.61. The number of carbonyl (C=O) groups excluding carboxylic acids is 1. The minimum Gasteiger partial charge on any atom is -0.460 e. The Morgan fingerprint density at radius 3 is 3.06 bits per heavy atom. The minimum atomic E-state index is -0.355. The molecule has 1 aromatic heterocycles. The first kappa shape index (κ1) is 12.5. The Morgan fingerprint density at radius 2 is 2.39 bits per heavy atom. The van der Waals surface area contributed by atoms with Gasteiger partial charge in [-0.25, -0.2) is 0 Å². The molecule has 0 N–H and O–H groups in total. The van der Waals surface area contributed by atoms with E-state index in [1.165, 1.54) is 0 Å². The summed E-state index contributed by atoms with van der Waals surface area (Å²) in [6.45, 7) is 2.44. The lowest BCUT2D eigenvalue weighted by molar-refractivity contribution is -0.133. The van der Waals surface area contributed by atoms with Gasteiger partial charge in [0.1, 0.15) is 12.6 Å². The van der Waals surface area contributed by atoms with Crippen LogP contribution in [0.5, 0.6) is 0 Å². The number of hydrogen-bond donors (Lipinski definition) is 0. The summed E-state index contributed by atoms with van der Waals surface area (Å²) in [4.78, 5) is 10.4. The summed E-state index contributed by atoms with van der Waals surface area (Å²) >= 11 is 5.96. The maximum atomic E-state index is 10.4. The van der Waals surface area contributed by atoms with Crippen LogP contribution in [0.2, 0.25) is 5.02 Å². The van der Waals surface area contributed by atoms with Crippen molar-refractivity contribution in [2.24, 2.45) is 0 Å². The second-order valence-electron chi connectivity index (χ2n) is 3.91. The number of nitriles is 1.